The average molecular weight is 315 g/mol. The van der Waals surface area contributed by atoms with Crippen molar-refractivity contribution in [3.63, 3.8) is 0 Å². The molecule has 0 spiro atoms. The van der Waals surface area contributed by atoms with Gasteiger partial charge in [-0.3, -0.25) is 4.79 Å². The van der Waals surface area contributed by atoms with Gasteiger partial charge in [0.25, 0.3) is 5.91 Å². The van der Waals surface area contributed by atoms with Gasteiger partial charge in [0.15, 0.2) is 17.6 Å². The lowest BCUT2D eigenvalue weighted by molar-refractivity contribution is -0.127. The average Bonchev–Trinajstić information content (AvgIpc) is 2.60. The third-order valence-electron chi connectivity index (χ3n) is 3.37. The second-order valence-electron chi connectivity index (χ2n) is 4.98. The molecule has 1 N–H and O–H groups in total. The summed E-state index contributed by atoms with van der Waals surface area (Å²) in [6.07, 6.45) is -0.621. The van der Waals surface area contributed by atoms with Gasteiger partial charge >= 0.3 is 0 Å². The standard InChI is InChI=1S/C18H21NO4/c1-13(23-17-7-5-4-6-16(17)22-3)18(20)19-12-14-8-10-15(21-2)11-9-14/h4-11,13H,12H2,1-3H3,(H,19,20). The van der Waals surface area contributed by atoms with Gasteiger partial charge in [-0.2, -0.15) is 0 Å². The van der Waals surface area contributed by atoms with E-state index in [1.54, 1.807) is 33.3 Å². The summed E-state index contributed by atoms with van der Waals surface area (Å²) in [6.45, 7) is 2.14. The first-order chi connectivity index (χ1) is 11.1. The van der Waals surface area contributed by atoms with Gasteiger partial charge < -0.3 is 19.5 Å². The fraction of sp³-hybridized carbons (Fsp3) is 0.278. The summed E-state index contributed by atoms with van der Waals surface area (Å²) in [5.74, 6) is 1.74. The highest BCUT2D eigenvalue weighted by atomic mass is 16.5. The molecule has 0 aliphatic heterocycles. The number of para-hydroxylation sites is 2. The third kappa shape index (κ3) is 4.64. The Hall–Kier alpha value is -2.69. The van der Waals surface area contributed by atoms with Crippen molar-refractivity contribution >= 4 is 5.91 Å². The summed E-state index contributed by atoms with van der Waals surface area (Å²) >= 11 is 0. The van der Waals surface area contributed by atoms with Crippen LogP contribution in [0, 0.1) is 0 Å². The fourth-order valence-electron chi connectivity index (χ4n) is 2.04. The van der Waals surface area contributed by atoms with Gasteiger partial charge in [-0.1, -0.05) is 24.3 Å². The quantitative estimate of drug-likeness (QED) is 0.853. The number of hydrogen-bond acceptors (Lipinski definition) is 4. The molecule has 0 fully saturated rings. The topological polar surface area (TPSA) is 56.8 Å². The van der Waals surface area contributed by atoms with E-state index in [1.165, 1.54) is 0 Å². The van der Waals surface area contributed by atoms with Crippen molar-refractivity contribution in [2.45, 2.75) is 19.6 Å². The molecule has 1 amide bonds. The van der Waals surface area contributed by atoms with E-state index in [9.17, 15) is 4.79 Å². The third-order valence-corrected chi connectivity index (χ3v) is 3.37. The lowest BCUT2D eigenvalue weighted by atomic mass is 10.2. The number of amides is 1. The molecule has 0 radical (unpaired) electrons. The first kappa shape index (κ1) is 16.7. The monoisotopic (exact) mass is 315 g/mol. The summed E-state index contributed by atoms with van der Waals surface area (Å²) in [5, 5.41) is 2.85. The van der Waals surface area contributed by atoms with E-state index in [1.807, 2.05) is 36.4 Å². The van der Waals surface area contributed by atoms with Crippen molar-refractivity contribution in [1.29, 1.82) is 0 Å². The lowest BCUT2D eigenvalue weighted by Gasteiger charge is -2.16. The molecule has 2 aromatic carbocycles. The predicted octanol–water partition coefficient (Wildman–Crippen LogP) is 2.79. The van der Waals surface area contributed by atoms with Gasteiger partial charge in [0.2, 0.25) is 0 Å². The highest BCUT2D eigenvalue weighted by molar-refractivity contribution is 5.80. The maximum absolute atomic E-state index is 12.1. The molecule has 1 atom stereocenters. The van der Waals surface area contributed by atoms with Gasteiger partial charge in [-0.15, -0.1) is 0 Å². The maximum Gasteiger partial charge on any atom is 0.261 e. The maximum atomic E-state index is 12.1. The molecule has 0 aromatic heterocycles. The number of rotatable bonds is 7. The summed E-state index contributed by atoms with van der Waals surface area (Å²) in [4.78, 5) is 12.1. The Balaban J connectivity index is 1.89. The van der Waals surface area contributed by atoms with Crippen molar-refractivity contribution in [1.82, 2.24) is 5.32 Å². The van der Waals surface area contributed by atoms with Crippen molar-refractivity contribution < 1.29 is 19.0 Å². The largest absolute Gasteiger partial charge is 0.497 e. The molecule has 2 rings (SSSR count). The van der Waals surface area contributed by atoms with Gasteiger partial charge in [-0.25, -0.2) is 0 Å². The van der Waals surface area contributed by atoms with Gasteiger partial charge in [0, 0.05) is 6.54 Å². The summed E-state index contributed by atoms with van der Waals surface area (Å²) in [6, 6.07) is 14.8. The van der Waals surface area contributed by atoms with Crippen LogP contribution in [-0.2, 0) is 11.3 Å². The number of hydrogen-bond donors (Lipinski definition) is 1. The summed E-state index contributed by atoms with van der Waals surface area (Å²) in [5.41, 5.74) is 0.989. The highest BCUT2D eigenvalue weighted by Crippen LogP contribution is 2.26. The predicted molar refractivity (Wildman–Crippen MR) is 87.9 cm³/mol. The van der Waals surface area contributed by atoms with E-state index in [-0.39, 0.29) is 5.91 Å². The normalized spacial score (nSPS) is 11.4. The van der Waals surface area contributed by atoms with Crippen molar-refractivity contribution in [2.75, 3.05) is 14.2 Å². The molecule has 122 valence electrons. The molecular formula is C18H21NO4. The molecule has 23 heavy (non-hydrogen) atoms. The Morgan fingerprint density at radius 2 is 1.65 bits per heavy atom. The van der Waals surface area contributed by atoms with Gasteiger partial charge in [0.05, 0.1) is 14.2 Å². The number of carbonyl (C=O) groups is 1. The van der Waals surface area contributed by atoms with Crippen LogP contribution in [0.25, 0.3) is 0 Å². The van der Waals surface area contributed by atoms with Crippen molar-refractivity contribution in [3.8, 4) is 17.2 Å². The molecule has 0 saturated carbocycles. The molecule has 0 aliphatic carbocycles. The molecule has 2 aromatic rings. The van der Waals surface area contributed by atoms with E-state index in [2.05, 4.69) is 5.32 Å². The van der Waals surface area contributed by atoms with Crippen LogP contribution in [0.1, 0.15) is 12.5 Å². The van der Waals surface area contributed by atoms with Crippen LogP contribution in [0.5, 0.6) is 17.2 Å². The minimum atomic E-state index is -0.621. The first-order valence-electron chi connectivity index (χ1n) is 7.34. The van der Waals surface area contributed by atoms with E-state index < -0.39 is 6.10 Å². The SMILES string of the molecule is COc1ccc(CNC(=O)C(C)Oc2ccccc2OC)cc1. The number of nitrogens with one attached hydrogen (secondary N) is 1. The molecule has 0 saturated heterocycles. The van der Waals surface area contributed by atoms with Crippen molar-refractivity contribution in [2.24, 2.45) is 0 Å². The van der Waals surface area contributed by atoms with Crippen LogP contribution in [-0.4, -0.2) is 26.2 Å². The fourth-order valence-corrected chi connectivity index (χ4v) is 2.04. The zero-order chi connectivity index (χ0) is 16.7. The second kappa shape index (κ2) is 8.08. The van der Waals surface area contributed by atoms with E-state index >= 15 is 0 Å². The Morgan fingerprint density at radius 1 is 1.00 bits per heavy atom. The van der Waals surface area contributed by atoms with E-state index in [0.717, 1.165) is 11.3 Å². The Bertz CT molecular complexity index is 640. The molecular weight excluding hydrogens is 294 g/mol. The second-order valence-corrected chi connectivity index (χ2v) is 4.98. The van der Waals surface area contributed by atoms with E-state index in [4.69, 9.17) is 14.2 Å². The number of benzene rings is 2. The molecule has 5 heteroatoms. The number of methoxy groups -OCH3 is 2. The Kier molecular flexibility index (Phi) is 5.86. The number of ether oxygens (including phenoxy) is 3. The summed E-state index contributed by atoms with van der Waals surface area (Å²) in [7, 11) is 3.18. The van der Waals surface area contributed by atoms with Crippen LogP contribution in [0.2, 0.25) is 0 Å². The number of carbonyl (C=O) groups excluding carboxylic acids is 1. The molecule has 0 bridgehead atoms. The molecule has 1 unspecified atom stereocenters. The zero-order valence-electron chi connectivity index (χ0n) is 13.5. The minimum Gasteiger partial charge on any atom is -0.497 e. The van der Waals surface area contributed by atoms with Crippen molar-refractivity contribution in [3.05, 3.63) is 54.1 Å². The molecule has 0 heterocycles. The highest BCUT2D eigenvalue weighted by Gasteiger charge is 2.16. The zero-order valence-corrected chi connectivity index (χ0v) is 13.5. The lowest BCUT2D eigenvalue weighted by Crippen LogP contribution is -2.35. The van der Waals surface area contributed by atoms with Crippen LogP contribution in [0.15, 0.2) is 48.5 Å². The van der Waals surface area contributed by atoms with Crippen LogP contribution in [0.3, 0.4) is 0 Å². The molecule has 5 nitrogen and oxygen atoms in total. The van der Waals surface area contributed by atoms with Crippen LogP contribution in [0.4, 0.5) is 0 Å². The van der Waals surface area contributed by atoms with Crippen LogP contribution < -0.4 is 19.5 Å². The Labute approximate surface area is 136 Å². The van der Waals surface area contributed by atoms with E-state index in [0.29, 0.717) is 18.0 Å². The molecule has 0 aliphatic rings. The Morgan fingerprint density at radius 3 is 2.26 bits per heavy atom. The van der Waals surface area contributed by atoms with Crippen LogP contribution >= 0.6 is 0 Å². The smallest absolute Gasteiger partial charge is 0.261 e. The first-order valence-corrected chi connectivity index (χ1v) is 7.34. The van der Waals surface area contributed by atoms with Gasteiger partial charge in [-0.05, 0) is 36.8 Å². The summed E-state index contributed by atoms with van der Waals surface area (Å²) < 4.78 is 16.0. The minimum absolute atomic E-state index is 0.188. The van der Waals surface area contributed by atoms with Gasteiger partial charge in [0.1, 0.15) is 5.75 Å².